The molecule has 0 aliphatic carbocycles. The molecule has 1 aromatic carbocycles. The molecule has 1 heterocycles. The molecular weight excluding hydrogens is 249 g/mol. The molecule has 0 radical (unpaired) electrons. The minimum absolute atomic E-state index is 0.190. The Labute approximate surface area is 110 Å². The van der Waals surface area contributed by atoms with E-state index in [9.17, 15) is 4.39 Å². The molecule has 0 unspecified atom stereocenters. The first kappa shape index (κ1) is 13.0. The molecule has 5 heteroatoms. The molecule has 0 amide bonds. The van der Waals surface area contributed by atoms with Crippen LogP contribution in [0.3, 0.4) is 0 Å². The van der Waals surface area contributed by atoms with Gasteiger partial charge in [0.2, 0.25) is 0 Å². The summed E-state index contributed by atoms with van der Waals surface area (Å²) in [6.07, 6.45) is 0. The number of halogens is 1. The van der Waals surface area contributed by atoms with Crippen molar-refractivity contribution >= 4 is 17.4 Å². The monoisotopic (exact) mass is 265 g/mol. The molecule has 2 N–H and O–H groups in total. The Balaban J connectivity index is 2.43. The topological polar surface area (TPSA) is 43.8 Å². The van der Waals surface area contributed by atoms with E-state index < -0.39 is 0 Å². The molecule has 0 spiro atoms. The summed E-state index contributed by atoms with van der Waals surface area (Å²) >= 11 is 1.32. The van der Waals surface area contributed by atoms with Crippen molar-refractivity contribution in [2.45, 2.75) is 36.7 Å². The highest BCUT2D eigenvalue weighted by Gasteiger charge is 2.17. The summed E-state index contributed by atoms with van der Waals surface area (Å²) in [7, 11) is 0. The zero-order chi connectivity index (χ0) is 13.3. The van der Waals surface area contributed by atoms with Crippen LogP contribution in [0, 0.1) is 12.7 Å². The number of hydrogen-bond donors (Lipinski definition) is 1. The van der Waals surface area contributed by atoms with Crippen LogP contribution >= 0.6 is 11.8 Å². The number of nitrogens with two attached hydrogens (primary N) is 1. The standard InChI is InChI=1S/C13H16FN3S/c1-8(2)17-13(12(15)9(3)16-17)18-11-7-5-4-6-10(11)14/h4-8H,15H2,1-3H3. The second-order valence-corrected chi connectivity index (χ2v) is 5.41. The van der Waals surface area contributed by atoms with Gasteiger partial charge in [-0.15, -0.1) is 0 Å². The van der Waals surface area contributed by atoms with Crippen LogP contribution < -0.4 is 5.73 Å². The fraction of sp³-hybridized carbons (Fsp3) is 0.308. The highest BCUT2D eigenvalue weighted by molar-refractivity contribution is 7.99. The van der Waals surface area contributed by atoms with Crippen molar-refractivity contribution in [1.29, 1.82) is 0 Å². The molecule has 3 nitrogen and oxygen atoms in total. The first-order chi connectivity index (χ1) is 8.50. The van der Waals surface area contributed by atoms with Gasteiger partial charge < -0.3 is 5.73 Å². The number of nitrogens with zero attached hydrogens (tertiary/aromatic N) is 2. The zero-order valence-corrected chi connectivity index (χ0v) is 11.5. The van der Waals surface area contributed by atoms with Gasteiger partial charge in [0.25, 0.3) is 0 Å². The Bertz CT molecular complexity index is 563. The summed E-state index contributed by atoms with van der Waals surface area (Å²) in [6.45, 7) is 5.91. The Morgan fingerprint density at radius 3 is 2.61 bits per heavy atom. The number of hydrogen-bond acceptors (Lipinski definition) is 3. The molecule has 2 rings (SSSR count). The predicted molar refractivity (Wildman–Crippen MR) is 72.3 cm³/mol. The van der Waals surface area contributed by atoms with Crippen molar-refractivity contribution in [3.8, 4) is 0 Å². The summed E-state index contributed by atoms with van der Waals surface area (Å²) in [5.74, 6) is -0.240. The lowest BCUT2D eigenvalue weighted by atomic mass is 10.3. The van der Waals surface area contributed by atoms with E-state index in [-0.39, 0.29) is 11.9 Å². The van der Waals surface area contributed by atoms with Gasteiger partial charge in [-0.2, -0.15) is 5.10 Å². The molecule has 2 aromatic rings. The fourth-order valence-electron chi connectivity index (χ4n) is 1.62. The van der Waals surface area contributed by atoms with E-state index in [0.29, 0.717) is 10.6 Å². The maximum Gasteiger partial charge on any atom is 0.137 e. The summed E-state index contributed by atoms with van der Waals surface area (Å²) in [6, 6.07) is 6.86. The first-order valence-electron chi connectivity index (χ1n) is 5.77. The van der Waals surface area contributed by atoms with Crippen molar-refractivity contribution in [1.82, 2.24) is 9.78 Å². The average Bonchev–Trinajstić information content (AvgIpc) is 2.60. The van der Waals surface area contributed by atoms with Crippen LogP contribution in [-0.4, -0.2) is 9.78 Å². The van der Waals surface area contributed by atoms with Gasteiger partial charge in [0.1, 0.15) is 10.8 Å². The first-order valence-corrected chi connectivity index (χ1v) is 6.59. The lowest BCUT2D eigenvalue weighted by Gasteiger charge is -2.11. The smallest absolute Gasteiger partial charge is 0.137 e. The van der Waals surface area contributed by atoms with Crippen LogP contribution in [0.25, 0.3) is 0 Å². The number of benzene rings is 1. The largest absolute Gasteiger partial charge is 0.395 e. The third kappa shape index (κ3) is 2.36. The number of rotatable bonds is 3. The average molecular weight is 265 g/mol. The third-order valence-electron chi connectivity index (χ3n) is 2.62. The van der Waals surface area contributed by atoms with Crippen molar-refractivity contribution in [3.63, 3.8) is 0 Å². The summed E-state index contributed by atoms with van der Waals surface area (Å²) in [5.41, 5.74) is 7.41. The molecule has 0 fully saturated rings. The van der Waals surface area contributed by atoms with Crippen molar-refractivity contribution in [2.24, 2.45) is 0 Å². The van der Waals surface area contributed by atoms with Crippen LogP contribution in [-0.2, 0) is 0 Å². The Morgan fingerprint density at radius 1 is 1.33 bits per heavy atom. The molecule has 0 aliphatic rings. The Kier molecular flexibility index (Phi) is 3.61. The second-order valence-electron chi connectivity index (χ2n) is 4.38. The predicted octanol–water partition coefficient (Wildman–Crippen LogP) is 3.64. The number of anilines is 1. The molecule has 0 aliphatic heterocycles. The zero-order valence-electron chi connectivity index (χ0n) is 10.6. The van der Waals surface area contributed by atoms with Crippen LogP contribution in [0.1, 0.15) is 25.6 Å². The van der Waals surface area contributed by atoms with Crippen molar-refractivity contribution in [2.75, 3.05) is 5.73 Å². The maximum atomic E-state index is 13.7. The Morgan fingerprint density at radius 2 is 2.00 bits per heavy atom. The SMILES string of the molecule is Cc1nn(C(C)C)c(Sc2ccccc2F)c1N. The minimum Gasteiger partial charge on any atom is -0.395 e. The molecule has 18 heavy (non-hydrogen) atoms. The molecule has 1 aromatic heterocycles. The lowest BCUT2D eigenvalue weighted by Crippen LogP contribution is -2.04. The number of nitrogen functional groups attached to an aromatic ring is 1. The van der Waals surface area contributed by atoms with Gasteiger partial charge >= 0.3 is 0 Å². The van der Waals surface area contributed by atoms with E-state index in [2.05, 4.69) is 5.10 Å². The third-order valence-corrected chi connectivity index (χ3v) is 3.77. The van der Waals surface area contributed by atoms with E-state index in [4.69, 9.17) is 5.73 Å². The quantitative estimate of drug-likeness (QED) is 0.921. The molecule has 0 saturated heterocycles. The molecule has 0 saturated carbocycles. The highest BCUT2D eigenvalue weighted by atomic mass is 32.2. The molecular formula is C13H16FN3S. The van der Waals surface area contributed by atoms with Gasteiger partial charge in [-0.05, 0) is 32.9 Å². The Hall–Kier alpha value is -1.49. The van der Waals surface area contributed by atoms with E-state index in [0.717, 1.165) is 10.7 Å². The van der Waals surface area contributed by atoms with Gasteiger partial charge in [0.05, 0.1) is 11.4 Å². The van der Waals surface area contributed by atoms with E-state index in [1.54, 1.807) is 12.1 Å². The van der Waals surface area contributed by atoms with Crippen molar-refractivity contribution in [3.05, 3.63) is 35.8 Å². The van der Waals surface area contributed by atoms with Crippen molar-refractivity contribution < 1.29 is 4.39 Å². The van der Waals surface area contributed by atoms with Gasteiger partial charge in [0.15, 0.2) is 0 Å². The van der Waals surface area contributed by atoms with E-state index in [1.807, 2.05) is 31.5 Å². The van der Waals surface area contributed by atoms with Gasteiger partial charge in [-0.25, -0.2) is 4.39 Å². The lowest BCUT2D eigenvalue weighted by molar-refractivity contribution is 0.490. The molecule has 0 bridgehead atoms. The van der Waals surface area contributed by atoms with Gasteiger partial charge in [0, 0.05) is 10.9 Å². The summed E-state index contributed by atoms with van der Waals surface area (Å²) in [5, 5.41) is 5.18. The van der Waals surface area contributed by atoms with Crippen LogP contribution in [0.2, 0.25) is 0 Å². The fourth-order valence-corrected chi connectivity index (χ4v) is 2.75. The van der Waals surface area contributed by atoms with Crippen LogP contribution in [0.4, 0.5) is 10.1 Å². The minimum atomic E-state index is -0.240. The van der Waals surface area contributed by atoms with Gasteiger partial charge in [-0.3, -0.25) is 4.68 Å². The summed E-state index contributed by atoms with van der Waals surface area (Å²) in [4.78, 5) is 0.561. The normalized spacial score (nSPS) is 11.2. The second kappa shape index (κ2) is 5.02. The van der Waals surface area contributed by atoms with E-state index in [1.165, 1.54) is 17.8 Å². The van der Waals surface area contributed by atoms with Crippen LogP contribution in [0.15, 0.2) is 34.2 Å². The molecule has 0 atom stereocenters. The summed E-state index contributed by atoms with van der Waals surface area (Å²) < 4.78 is 15.5. The van der Waals surface area contributed by atoms with E-state index >= 15 is 0 Å². The number of aromatic nitrogens is 2. The highest BCUT2D eigenvalue weighted by Crippen LogP contribution is 2.36. The number of aryl methyl sites for hydroxylation is 1. The van der Waals surface area contributed by atoms with Gasteiger partial charge in [-0.1, -0.05) is 23.9 Å². The maximum absolute atomic E-state index is 13.7. The molecule has 96 valence electrons. The van der Waals surface area contributed by atoms with Crippen LogP contribution in [0.5, 0.6) is 0 Å².